The Labute approximate surface area is 201 Å². The van der Waals surface area contributed by atoms with E-state index in [9.17, 15) is 4.79 Å². The van der Waals surface area contributed by atoms with Crippen LogP contribution in [0, 0.1) is 27.7 Å². The average Bonchev–Trinajstić information content (AvgIpc) is 3.32. The van der Waals surface area contributed by atoms with Crippen molar-refractivity contribution in [1.29, 1.82) is 0 Å². The van der Waals surface area contributed by atoms with Gasteiger partial charge in [0.1, 0.15) is 5.76 Å². The van der Waals surface area contributed by atoms with E-state index in [4.69, 9.17) is 4.52 Å². The SMILES string of the molecule is Cc1cccc(N2CCN(CCCNC(=O)c3noc(C)c3Cn3nc(C)cc3C)CC2C)c1. The summed E-state index contributed by atoms with van der Waals surface area (Å²) in [6.45, 7) is 15.3. The number of carbonyl (C=O) groups is 1. The van der Waals surface area contributed by atoms with Crippen LogP contribution in [0.3, 0.4) is 0 Å². The first-order valence-corrected chi connectivity index (χ1v) is 12.1. The van der Waals surface area contributed by atoms with Gasteiger partial charge in [-0.1, -0.05) is 17.3 Å². The van der Waals surface area contributed by atoms with Crippen molar-refractivity contribution in [3.63, 3.8) is 0 Å². The van der Waals surface area contributed by atoms with Gasteiger partial charge in [-0.3, -0.25) is 14.4 Å². The summed E-state index contributed by atoms with van der Waals surface area (Å²) in [5.74, 6) is 0.462. The monoisotopic (exact) mass is 464 g/mol. The number of anilines is 1. The van der Waals surface area contributed by atoms with Crippen LogP contribution in [0.15, 0.2) is 34.9 Å². The fourth-order valence-electron chi connectivity index (χ4n) is 4.76. The summed E-state index contributed by atoms with van der Waals surface area (Å²) in [5.41, 5.74) is 5.73. The molecule has 1 aromatic carbocycles. The van der Waals surface area contributed by atoms with E-state index in [1.165, 1.54) is 11.3 Å². The molecule has 182 valence electrons. The minimum atomic E-state index is -0.189. The highest BCUT2D eigenvalue weighted by Gasteiger charge is 2.24. The smallest absolute Gasteiger partial charge is 0.273 e. The average molecular weight is 465 g/mol. The summed E-state index contributed by atoms with van der Waals surface area (Å²) < 4.78 is 7.22. The number of hydrogen-bond acceptors (Lipinski definition) is 6. The summed E-state index contributed by atoms with van der Waals surface area (Å²) in [6.07, 6.45) is 0.895. The summed E-state index contributed by atoms with van der Waals surface area (Å²) >= 11 is 0. The number of piperazine rings is 1. The Kier molecular flexibility index (Phi) is 7.36. The van der Waals surface area contributed by atoms with Crippen molar-refractivity contribution in [3.05, 3.63) is 64.3 Å². The van der Waals surface area contributed by atoms with Crippen LogP contribution in [0.1, 0.15) is 52.1 Å². The maximum absolute atomic E-state index is 12.8. The molecule has 1 atom stereocenters. The molecule has 3 heterocycles. The molecule has 8 nitrogen and oxygen atoms in total. The number of aromatic nitrogens is 3. The van der Waals surface area contributed by atoms with Gasteiger partial charge in [-0.05, 0) is 71.3 Å². The van der Waals surface area contributed by atoms with Crippen molar-refractivity contribution in [2.24, 2.45) is 0 Å². The first-order chi connectivity index (χ1) is 16.3. The summed E-state index contributed by atoms with van der Waals surface area (Å²) in [6, 6.07) is 11.2. The van der Waals surface area contributed by atoms with E-state index < -0.39 is 0 Å². The topological polar surface area (TPSA) is 79.4 Å². The molecule has 4 rings (SSSR count). The van der Waals surface area contributed by atoms with Crippen molar-refractivity contribution in [1.82, 2.24) is 25.2 Å². The Bertz CT molecular complexity index is 1130. The first-order valence-electron chi connectivity index (χ1n) is 12.1. The zero-order chi connectivity index (χ0) is 24.2. The maximum atomic E-state index is 12.8. The lowest BCUT2D eigenvalue weighted by Crippen LogP contribution is -2.52. The molecular formula is C26H36N6O2. The normalized spacial score (nSPS) is 16.7. The van der Waals surface area contributed by atoms with E-state index in [2.05, 4.69) is 63.5 Å². The van der Waals surface area contributed by atoms with E-state index in [-0.39, 0.29) is 5.91 Å². The van der Waals surface area contributed by atoms with E-state index in [0.717, 1.165) is 49.6 Å². The van der Waals surface area contributed by atoms with E-state index in [1.807, 2.05) is 31.5 Å². The number of hydrogen-bond donors (Lipinski definition) is 1. The van der Waals surface area contributed by atoms with Crippen LogP contribution in [0.2, 0.25) is 0 Å². The Morgan fingerprint density at radius 1 is 1.18 bits per heavy atom. The lowest BCUT2D eigenvalue weighted by atomic mass is 10.1. The molecule has 1 saturated heterocycles. The van der Waals surface area contributed by atoms with Gasteiger partial charge in [-0.2, -0.15) is 5.10 Å². The van der Waals surface area contributed by atoms with Crippen molar-refractivity contribution in [2.45, 2.75) is 53.6 Å². The van der Waals surface area contributed by atoms with Gasteiger partial charge < -0.3 is 14.7 Å². The molecule has 34 heavy (non-hydrogen) atoms. The molecule has 1 aliphatic rings. The fraction of sp³-hybridized carbons (Fsp3) is 0.500. The van der Waals surface area contributed by atoms with Gasteiger partial charge in [-0.25, -0.2) is 0 Å². The van der Waals surface area contributed by atoms with Gasteiger partial charge in [0, 0.05) is 49.2 Å². The number of nitrogens with one attached hydrogen (secondary N) is 1. The summed E-state index contributed by atoms with van der Waals surface area (Å²) in [5, 5.41) is 11.5. The number of carbonyl (C=O) groups excluding carboxylic acids is 1. The quantitative estimate of drug-likeness (QED) is 0.514. The molecule has 0 bridgehead atoms. The van der Waals surface area contributed by atoms with Gasteiger partial charge >= 0.3 is 0 Å². The number of rotatable bonds is 8. The second-order valence-electron chi connectivity index (χ2n) is 9.44. The predicted octanol–water partition coefficient (Wildman–Crippen LogP) is 3.48. The van der Waals surface area contributed by atoms with Crippen LogP contribution in [0.5, 0.6) is 0 Å². The van der Waals surface area contributed by atoms with Crippen LogP contribution in [0.4, 0.5) is 5.69 Å². The molecule has 8 heteroatoms. The van der Waals surface area contributed by atoms with E-state index in [1.54, 1.807) is 0 Å². The third-order valence-electron chi connectivity index (χ3n) is 6.59. The standard InChI is InChI=1S/C26H36N6O2/c1-18-8-6-9-23(14-18)31-13-12-30(16-21(31)4)11-7-10-27-26(33)25-24(22(5)34-29-25)17-32-20(3)15-19(2)28-32/h6,8-9,14-15,21H,7,10-13,16-17H2,1-5H3,(H,27,33). The molecule has 0 radical (unpaired) electrons. The largest absolute Gasteiger partial charge is 0.366 e. The number of amides is 1. The summed E-state index contributed by atoms with van der Waals surface area (Å²) in [7, 11) is 0. The molecule has 1 unspecified atom stereocenters. The number of nitrogens with zero attached hydrogens (tertiary/aromatic N) is 5. The predicted molar refractivity (Wildman–Crippen MR) is 133 cm³/mol. The zero-order valence-electron chi connectivity index (χ0n) is 21.0. The molecule has 1 aliphatic heterocycles. The molecule has 0 saturated carbocycles. The van der Waals surface area contributed by atoms with Crippen molar-refractivity contribution in [3.8, 4) is 0 Å². The Balaban J connectivity index is 1.25. The van der Waals surface area contributed by atoms with Crippen LogP contribution >= 0.6 is 0 Å². The molecule has 3 aromatic rings. The number of aryl methyl sites for hydroxylation is 4. The molecule has 2 aromatic heterocycles. The van der Waals surface area contributed by atoms with E-state index >= 15 is 0 Å². The lowest BCUT2D eigenvalue weighted by molar-refractivity contribution is 0.0941. The zero-order valence-corrected chi connectivity index (χ0v) is 21.0. The Hall–Kier alpha value is -3.13. The number of benzene rings is 1. The molecule has 1 N–H and O–H groups in total. The van der Waals surface area contributed by atoms with E-state index in [0.29, 0.717) is 30.6 Å². The minimum Gasteiger partial charge on any atom is -0.366 e. The van der Waals surface area contributed by atoms with Gasteiger partial charge in [0.15, 0.2) is 5.69 Å². The molecule has 0 spiro atoms. The second kappa shape index (κ2) is 10.4. The van der Waals surface area contributed by atoms with Crippen LogP contribution in [0.25, 0.3) is 0 Å². The third-order valence-corrected chi connectivity index (χ3v) is 6.59. The van der Waals surface area contributed by atoms with Crippen molar-refractivity contribution in [2.75, 3.05) is 37.6 Å². The molecule has 0 aliphatic carbocycles. The Morgan fingerprint density at radius 2 is 2.00 bits per heavy atom. The fourth-order valence-corrected chi connectivity index (χ4v) is 4.76. The Morgan fingerprint density at radius 3 is 2.71 bits per heavy atom. The van der Waals surface area contributed by atoms with Crippen LogP contribution in [-0.2, 0) is 6.54 Å². The minimum absolute atomic E-state index is 0.189. The maximum Gasteiger partial charge on any atom is 0.273 e. The van der Waals surface area contributed by atoms with Crippen molar-refractivity contribution < 1.29 is 9.32 Å². The van der Waals surface area contributed by atoms with Crippen molar-refractivity contribution >= 4 is 11.6 Å². The highest BCUT2D eigenvalue weighted by molar-refractivity contribution is 5.93. The molecule has 1 fully saturated rings. The van der Waals surface area contributed by atoms with Gasteiger partial charge in [0.05, 0.1) is 12.2 Å². The highest BCUT2D eigenvalue weighted by atomic mass is 16.5. The summed E-state index contributed by atoms with van der Waals surface area (Å²) in [4.78, 5) is 17.8. The lowest BCUT2D eigenvalue weighted by Gasteiger charge is -2.41. The third kappa shape index (κ3) is 5.50. The van der Waals surface area contributed by atoms with Gasteiger partial charge in [0.2, 0.25) is 0 Å². The van der Waals surface area contributed by atoms with Gasteiger partial charge in [0.25, 0.3) is 5.91 Å². The highest BCUT2D eigenvalue weighted by Crippen LogP contribution is 2.22. The van der Waals surface area contributed by atoms with Crippen LogP contribution in [-0.4, -0.2) is 64.5 Å². The second-order valence-corrected chi connectivity index (χ2v) is 9.44. The van der Waals surface area contributed by atoms with Crippen LogP contribution < -0.4 is 10.2 Å². The molecular weight excluding hydrogens is 428 g/mol. The molecule has 1 amide bonds. The van der Waals surface area contributed by atoms with Gasteiger partial charge in [-0.15, -0.1) is 0 Å². The first kappa shape index (κ1) is 24.0.